The van der Waals surface area contributed by atoms with Gasteiger partial charge in [0.25, 0.3) is 0 Å². The first-order valence-corrected chi connectivity index (χ1v) is 9.25. The molecule has 7 nitrogen and oxygen atoms in total. The third-order valence-corrected chi connectivity index (χ3v) is 5.12. The Balaban J connectivity index is 1.69. The van der Waals surface area contributed by atoms with Gasteiger partial charge in [0.15, 0.2) is 5.82 Å². The minimum Gasteiger partial charge on any atom is -0.497 e. The molecule has 140 valence electrons. The maximum Gasteiger partial charge on any atom is 0.237 e. The fourth-order valence-electron chi connectivity index (χ4n) is 2.49. The molecule has 0 aliphatic carbocycles. The molecule has 0 spiro atoms. The fourth-order valence-corrected chi connectivity index (χ4v) is 3.26. The summed E-state index contributed by atoms with van der Waals surface area (Å²) in [7, 11) is 1.60. The van der Waals surface area contributed by atoms with Gasteiger partial charge in [0.2, 0.25) is 11.1 Å². The Hall–Kier alpha value is -3.00. The number of carbonyl (C=O) groups is 1. The lowest BCUT2D eigenvalue weighted by atomic mass is 10.1. The second kappa shape index (κ2) is 8.13. The van der Waals surface area contributed by atoms with Crippen molar-refractivity contribution in [1.29, 1.82) is 0 Å². The van der Waals surface area contributed by atoms with Crippen molar-refractivity contribution in [3.63, 3.8) is 0 Å². The first-order chi connectivity index (χ1) is 13.0. The SMILES string of the molecule is COc1ccc(NC(=O)[C@@H](C)Sc2nnc(-c3ccccc3C)n2N)cc1. The van der Waals surface area contributed by atoms with E-state index in [4.69, 9.17) is 10.6 Å². The molecule has 3 rings (SSSR count). The van der Waals surface area contributed by atoms with Gasteiger partial charge < -0.3 is 15.9 Å². The molecule has 0 saturated heterocycles. The van der Waals surface area contributed by atoms with Crippen LogP contribution in [0.1, 0.15) is 12.5 Å². The normalized spacial score (nSPS) is 11.8. The number of hydrogen-bond donors (Lipinski definition) is 2. The number of nitrogens with one attached hydrogen (secondary N) is 1. The summed E-state index contributed by atoms with van der Waals surface area (Å²) in [4.78, 5) is 12.5. The molecule has 0 radical (unpaired) electrons. The van der Waals surface area contributed by atoms with E-state index in [9.17, 15) is 4.79 Å². The van der Waals surface area contributed by atoms with Crippen LogP contribution in [0.5, 0.6) is 5.75 Å². The zero-order chi connectivity index (χ0) is 19.4. The van der Waals surface area contributed by atoms with E-state index in [1.54, 1.807) is 38.3 Å². The van der Waals surface area contributed by atoms with E-state index in [1.165, 1.54) is 16.4 Å². The molecule has 0 saturated carbocycles. The molecule has 2 aromatic carbocycles. The van der Waals surface area contributed by atoms with Crippen molar-refractivity contribution in [2.24, 2.45) is 0 Å². The van der Waals surface area contributed by atoms with Crippen LogP contribution in [0.25, 0.3) is 11.4 Å². The van der Waals surface area contributed by atoms with Crippen molar-refractivity contribution in [1.82, 2.24) is 14.9 Å². The van der Waals surface area contributed by atoms with Crippen molar-refractivity contribution < 1.29 is 9.53 Å². The molecule has 0 aliphatic rings. The molecule has 1 heterocycles. The van der Waals surface area contributed by atoms with E-state index in [0.717, 1.165) is 16.9 Å². The molecule has 8 heteroatoms. The summed E-state index contributed by atoms with van der Waals surface area (Å²) >= 11 is 1.25. The highest BCUT2D eigenvalue weighted by atomic mass is 32.2. The van der Waals surface area contributed by atoms with Crippen LogP contribution < -0.4 is 15.9 Å². The largest absolute Gasteiger partial charge is 0.497 e. The predicted molar refractivity (Wildman–Crippen MR) is 107 cm³/mol. The summed E-state index contributed by atoms with van der Waals surface area (Å²) in [6, 6.07) is 15.0. The number of benzene rings is 2. The Kier molecular flexibility index (Phi) is 5.66. The van der Waals surface area contributed by atoms with E-state index in [2.05, 4.69) is 15.5 Å². The quantitative estimate of drug-likeness (QED) is 0.502. The molecule has 0 fully saturated rings. The lowest BCUT2D eigenvalue weighted by Crippen LogP contribution is -2.23. The van der Waals surface area contributed by atoms with E-state index in [0.29, 0.717) is 16.7 Å². The van der Waals surface area contributed by atoms with Crippen LogP contribution >= 0.6 is 11.8 Å². The lowest BCUT2D eigenvalue weighted by Gasteiger charge is -2.12. The smallest absolute Gasteiger partial charge is 0.237 e. The van der Waals surface area contributed by atoms with E-state index >= 15 is 0 Å². The van der Waals surface area contributed by atoms with Crippen LogP contribution in [-0.2, 0) is 4.79 Å². The van der Waals surface area contributed by atoms with Crippen LogP contribution in [0.2, 0.25) is 0 Å². The van der Waals surface area contributed by atoms with Gasteiger partial charge in [0, 0.05) is 11.3 Å². The van der Waals surface area contributed by atoms with Gasteiger partial charge in [-0.1, -0.05) is 36.0 Å². The van der Waals surface area contributed by atoms with Crippen LogP contribution in [0.4, 0.5) is 5.69 Å². The number of nitrogens with two attached hydrogens (primary N) is 1. The van der Waals surface area contributed by atoms with Gasteiger partial charge in [-0.15, -0.1) is 10.2 Å². The maximum atomic E-state index is 12.5. The van der Waals surface area contributed by atoms with Crippen LogP contribution in [-0.4, -0.2) is 33.1 Å². The molecule has 3 N–H and O–H groups in total. The number of nitrogens with zero attached hydrogens (tertiary/aromatic N) is 3. The molecule has 1 amide bonds. The first kappa shape index (κ1) is 18.8. The summed E-state index contributed by atoms with van der Waals surface area (Å²) in [6.45, 7) is 3.79. The molecule has 27 heavy (non-hydrogen) atoms. The highest BCUT2D eigenvalue weighted by Gasteiger charge is 2.20. The average Bonchev–Trinajstić information content (AvgIpc) is 3.03. The van der Waals surface area contributed by atoms with E-state index in [-0.39, 0.29) is 5.91 Å². The number of ether oxygens (including phenoxy) is 1. The Bertz CT molecular complexity index is 940. The number of hydrogen-bond acceptors (Lipinski definition) is 6. The number of methoxy groups -OCH3 is 1. The Morgan fingerprint density at radius 3 is 2.56 bits per heavy atom. The Labute approximate surface area is 161 Å². The van der Waals surface area contributed by atoms with Crippen molar-refractivity contribution in [2.45, 2.75) is 24.3 Å². The first-order valence-electron chi connectivity index (χ1n) is 8.37. The maximum absolute atomic E-state index is 12.5. The molecule has 3 aromatic rings. The summed E-state index contributed by atoms with van der Waals surface area (Å²) in [5, 5.41) is 11.3. The van der Waals surface area contributed by atoms with E-state index in [1.807, 2.05) is 31.2 Å². The molecule has 0 unspecified atom stereocenters. The summed E-state index contributed by atoms with van der Waals surface area (Å²) in [5.41, 5.74) is 2.66. The summed E-state index contributed by atoms with van der Waals surface area (Å²) in [5.74, 6) is 7.31. The fraction of sp³-hybridized carbons (Fsp3) is 0.211. The third kappa shape index (κ3) is 4.22. The Morgan fingerprint density at radius 2 is 1.89 bits per heavy atom. The zero-order valence-electron chi connectivity index (χ0n) is 15.3. The molecular formula is C19H21N5O2S. The topological polar surface area (TPSA) is 95.1 Å². The van der Waals surface area contributed by atoms with Crippen LogP contribution in [0, 0.1) is 6.92 Å². The standard InChI is InChI=1S/C19H21N5O2S/c1-12-6-4-5-7-16(12)17-22-23-19(24(17)20)27-13(2)18(25)21-14-8-10-15(26-3)11-9-14/h4-11,13H,20H2,1-3H3,(H,21,25)/t13-/m1/s1. The van der Waals surface area contributed by atoms with Gasteiger partial charge >= 0.3 is 0 Å². The van der Waals surface area contributed by atoms with Crippen molar-refractivity contribution >= 4 is 23.4 Å². The van der Waals surface area contributed by atoms with Crippen molar-refractivity contribution in [2.75, 3.05) is 18.3 Å². The van der Waals surface area contributed by atoms with Crippen molar-refractivity contribution in [3.05, 3.63) is 54.1 Å². The second-order valence-corrected chi connectivity index (χ2v) is 7.28. The molecule has 1 atom stereocenters. The van der Waals surface area contributed by atoms with Gasteiger partial charge in [-0.2, -0.15) is 0 Å². The second-order valence-electron chi connectivity index (χ2n) is 5.97. The van der Waals surface area contributed by atoms with Gasteiger partial charge in [-0.25, -0.2) is 4.68 Å². The zero-order valence-corrected chi connectivity index (χ0v) is 16.2. The number of anilines is 1. The number of thioether (sulfide) groups is 1. The number of amides is 1. The number of aryl methyl sites for hydroxylation is 1. The monoisotopic (exact) mass is 383 g/mol. The summed E-state index contributed by atoms with van der Waals surface area (Å²) < 4.78 is 6.53. The molecular weight excluding hydrogens is 362 g/mol. The molecule has 1 aromatic heterocycles. The molecule has 0 bridgehead atoms. The predicted octanol–water partition coefficient (Wildman–Crippen LogP) is 3.10. The van der Waals surface area contributed by atoms with Crippen LogP contribution in [0.3, 0.4) is 0 Å². The third-order valence-electron chi connectivity index (χ3n) is 4.06. The van der Waals surface area contributed by atoms with Gasteiger partial charge in [-0.3, -0.25) is 4.79 Å². The van der Waals surface area contributed by atoms with E-state index < -0.39 is 5.25 Å². The Morgan fingerprint density at radius 1 is 1.19 bits per heavy atom. The number of nitrogen functional groups attached to an aromatic ring is 1. The lowest BCUT2D eigenvalue weighted by molar-refractivity contribution is -0.115. The highest BCUT2D eigenvalue weighted by Crippen LogP contribution is 2.27. The highest BCUT2D eigenvalue weighted by molar-refractivity contribution is 8.00. The number of rotatable bonds is 6. The van der Waals surface area contributed by atoms with Gasteiger partial charge in [0.1, 0.15) is 5.75 Å². The van der Waals surface area contributed by atoms with Crippen molar-refractivity contribution in [3.8, 4) is 17.1 Å². The molecule has 0 aliphatic heterocycles. The summed E-state index contributed by atoms with van der Waals surface area (Å²) in [6.07, 6.45) is 0. The number of aromatic nitrogens is 3. The minimum absolute atomic E-state index is 0.148. The number of carbonyl (C=O) groups excluding carboxylic acids is 1. The van der Waals surface area contributed by atoms with Gasteiger partial charge in [-0.05, 0) is 43.7 Å². The average molecular weight is 383 g/mol. The van der Waals surface area contributed by atoms with Crippen LogP contribution in [0.15, 0.2) is 53.7 Å². The minimum atomic E-state index is -0.400. The van der Waals surface area contributed by atoms with Gasteiger partial charge in [0.05, 0.1) is 12.4 Å².